The summed E-state index contributed by atoms with van der Waals surface area (Å²) < 4.78 is 10.9. The van der Waals surface area contributed by atoms with E-state index in [0.717, 1.165) is 45.0 Å². The maximum absolute atomic E-state index is 5.94. The summed E-state index contributed by atoms with van der Waals surface area (Å²) >= 11 is 0. The maximum atomic E-state index is 5.94. The van der Waals surface area contributed by atoms with Gasteiger partial charge in [-0.1, -0.05) is 0 Å². The van der Waals surface area contributed by atoms with Crippen LogP contribution in [0.4, 0.5) is 0 Å². The summed E-state index contributed by atoms with van der Waals surface area (Å²) in [5.41, 5.74) is 5.94. The van der Waals surface area contributed by atoms with Gasteiger partial charge in [-0.3, -0.25) is 9.89 Å². The molecule has 2 heterocycles. The fourth-order valence-corrected chi connectivity index (χ4v) is 2.70. The first-order valence-electron chi connectivity index (χ1n) is 8.20. The molecule has 2 rings (SSSR count). The molecule has 132 valence electrons. The van der Waals surface area contributed by atoms with E-state index in [2.05, 4.69) is 15.2 Å². The van der Waals surface area contributed by atoms with E-state index < -0.39 is 0 Å². The van der Waals surface area contributed by atoms with E-state index in [-0.39, 0.29) is 30.0 Å². The number of nitrogens with one attached hydrogen (secondary N) is 1. The molecule has 1 saturated heterocycles. The fourth-order valence-electron chi connectivity index (χ4n) is 2.70. The molecule has 1 unspecified atom stereocenters. The van der Waals surface area contributed by atoms with E-state index in [1.165, 1.54) is 12.8 Å². The highest BCUT2D eigenvalue weighted by molar-refractivity contribution is 14.0. The van der Waals surface area contributed by atoms with Crippen LogP contribution in [0.3, 0.4) is 0 Å². The Hall–Kier alpha value is -0.800. The monoisotopic (exact) mass is 436 g/mol. The molecule has 0 bridgehead atoms. The van der Waals surface area contributed by atoms with Gasteiger partial charge in [0.05, 0.1) is 18.8 Å². The second-order valence-electron chi connectivity index (χ2n) is 5.48. The van der Waals surface area contributed by atoms with Gasteiger partial charge in [-0.05, 0) is 51.4 Å². The Labute approximate surface area is 155 Å². The van der Waals surface area contributed by atoms with Gasteiger partial charge in [-0.25, -0.2) is 0 Å². The van der Waals surface area contributed by atoms with Crippen LogP contribution in [0.15, 0.2) is 27.8 Å². The Balaban J connectivity index is 0.00000264. The zero-order valence-corrected chi connectivity index (χ0v) is 16.2. The number of furan rings is 1. The smallest absolute Gasteiger partial charge is 0.188 e. The molecule has 0 saturated carbocycles. The molecule has 1 aliphatic rings. The molecule has 1 fully saturated rings. The molecule has 1 aromatic heterocycles. The summed E-state index contributed by atoms with van der Waals surface area (Å²) in [5, 5.41) is 3.13. The molecular weight excluding hydrogens is 407 g/mol. The molecule has 0 radical (unpaired) electrons. The lowest BCUT2D eigenvalue weighted by atomic mass is 10.2. The van der Waals surface area contributed by atoms with Crippen LogP contribution in [0.2, 0.25) is 0 Å². The summed E-state index contributed by atoms with van der Waals surface area (Å²) in [4.78, 5) is 6.91. The van der Waals surface area contributed by atoms with Crippen molar-refractivity contribution in [3.63, 3.8) is 0 Å². The standard InChI is InChI=1S/C16H28N4O2.HI/c1-2-21-11-6-8-18-16(17)19-13-14(15-7-5-12-22-15)20-9-3-4-10-20;/h5,7,12,14H,2-4,6,8-11,13H2,1H3,(H3,17,18,19);1H. The second kappa shape index (κ2) is 11.7. The first-order valence-corrected chi connectivity index (χ1v) is 8.20. The minimum Gasteiger partial charge on any atom is -0.468 e. The Kier molecular flexibility index (Phi) is 10.3. The third kappa shape index (κ3) is 7.09. The van der Waals surface area contributed by atoms with Gasteiger partial charge in [0.25, 0.3) is 0 Å². The highest BCUT2D eigenvalue weighted by atomic mass is 127. The van der Waals surface area contributed by atoms with Crippen LogP contribution < -0.4 is 11.1 Å². The SMILES string of the molecule is CCOCCCNC(N)=NCC(c1ccco1)N1CCCC1.I. The van der Waals surface area contributed by atoms with E-state index in [9.17, 15) is 0 Å². The van der Waals surface area contributed by atoms with Crippen molar-refractivity contribution >= 4 is 29.9 Å². The van der Waals surface area contributed by atoms with Crippen molar-refractivity contribution in [2.24, 2.45) is 10.7 Å². The summed E-state index contributed by atoms with van der Waals surface area (Å²) in [6.07, 6.45) is 5.13. The molecule has 0 spiro atoms. The largest absolute Gasteiger partial charge is 0.468 e. The molecule has 23 heavy (non-hydrogen) atoms. The molecule has 1 atom stereocenters. The van der Waals surface area contributed by atoms with Crippen LogP contribution in [-0.4, -0.2) is 50.3 Å². The number of aliphatic imine (C=N–C) groups is 1. The maximum Gasteiger partial charge on any atom is 0.188 e. The third-order valence-corrected chi connectivity index (χ3v) is 3.86. The number of guanidine groups is 1. The molecule has 1 aromatic rings. The lowest BCUT2D eigenvalue weighted by molar-refractivity contribution is 0.145. The summed E-state index contributed by atoms with van der Waals surface area (Å²) in [5.74, 6) is 1.46. The van der Waals surface area contributed by atoms with Crippen molar-refractivity contribution in [1.29, 1.82) is 0 Å². The van der Waals surface area contributed by atoms with E-state index in [1.807, 2.05) is 19.1 Å². The number of halogens is 1. The second-order valence-corrected chi connectivity index (χ2v) is 5.48. The molecular formula is C16H29IN4O2. The minimum absolute atomic E-state index is 0. The molecule has 0 amide bonds. The number of nitrogens with zero attached hydrogens (tertiary/aromatic N) is 2. The number of hydrogen-bond acceptors (Lipinski definition) is 4. The van der Waals surface area contributed by atoms with Crippen molar-refractivity contribution in [3.8, 4) is 0 Å². The van der Waals surface area contributed by atoms with Crippen molar-refractivity contribution in [3.05, 3.63) is 24.2 Å². The number of hydrogen-bond donors (Lipinski definition) is 2. The van der Waals surface area contributed by atoms with E-state index in [4.69, 9.17) is 14.9 Å². The summed E-state index contributed by atoms with van der Waals surface area (Å²) in [7, 11) is 0. The van der Waals surface area contributed by atoms with Gasteiger partial charge in [-0.2, -0.15) is 0 Å². The fraction of sp³-hybridized carbons (Fsp3) is 0.688. The predicted octanol–water partition coefficient (Wildman–Crippen LogP) is 2.37. The van der Waals surface area contributed by atoms with Gasteiger partial charge in [0.2, 0.25) is 0 Å². The zero-order valence-electron chi connectivity index (χ0n) is 13.9. The van der Waals surface area contributed by atoms with Gasteiger partial charge in [-0.15, -0.1) is 24.0 Å². The average Bonchev–Trinajstić information content (AvgIpc) is 3.21. The molecule has 1 aliphatic heterocycles. The van der Waals surface area contributed by atoms with Gasteiger partial charge in [0.15, 0.2) is 5.96 Å². The first-order chi connectivity index (χ1) is 10.8. The van der Waals surface area contributed by atoms with Gasteiger partial charge >= 0.3 is 0 Å². The Morgan fingerprint density at radius 3 is 2.91 bits per heavy atom. The molecule has 3 N–H and O–H groups in total. The van der Waals surface area contributed by atoms with Gasteiger partial charge in [0.1, 0.15) is 5.76 Å². The first kappa shape index (κ1) is 20.2. The van der Waals surface area contributed by atoms with Gasteiger partial charge < -0.3 is 20.2 Å². The van der Waals surface area contributed by atoms with Crippen molar-refractivity contribution in [2.45, 2.75) is 32.2 Å². The number of likely N-dealkylation sites (tertiary alicyclic amines) is 1. The van der Waals surface area contributed by atoms with Crippen molar-refractivity contribution in [1.82, 2.24) is 10.2 Å². The summed E-state index contributed by atoms with van der Waals surface area (Å²) in [6, 6.07) is 4.13. The molecule has 7 heteroatoms. The number of ether oxygens (including phenoxy) is 1. The molecule has 6 nitrogen and oxygen atoms in total. The Morgan fingerprint density at radius 2 is 2.26 bits per heavy atom. The van der Waals surface area contributed by atoms with Crippen LogP contribution in [0.1, 0.15) is 38.0 Å². The number of nitrogens with two attached hydrogens (primary N) is 1. The highest BCUT2D eigenvalue weighted by Crippen LogP contribution is 2.25. The van der Waals surface area contributed by atoms with Crippen molar-refractivity contribution in [2.75, 3.05) is 39.4 Å². The van der Waals surface area contributed by atoms with Crippen molar-refractivity contribution < 1.29 is 9.15 Å². The van der Waals surface area contributed by atoms with E-state index >= 15 is 0 Å². The molecule has 0 aliphatic carbocycles. The van der Waals surface area contributed by atoms with Crippen LogP contribution >= 0.6 is 24.0 Å². The quantitative estimate of drug-likeness (QED) is 0.269. The van der Waals surface area contributed by atoms with Crippen LogP contribution in [0.25, 0.3) is 0 Å². The van der Waals surface area contributed by atoms with Gasteiger partial charge in [0, 0.05) is 19.8 Å². The topological polar surface area (TPSA) is 76.0 Å². The Bertz CT molecular complexity index is 433. The van der Waals surface area contributed by atoms with Crippen LogP contribution in [0, 0.1) is 0 Å². The molecule has 0 aromatic carbocycles. The third-order valence-electron chi connectivity index (χ3n) is 3.86. The summed E-state index contributed by atoms with van der Waals surface area (Å²) in [6.45, 7) is 7.10. The predicted molar refractivity (Wildman–Crippen MR) is 103 cm³/mol. The van der Waals surface area contributed by atoms with Crippen LogP contribution in [-0.2, 0) is 4.74 Å². The zero-order chi connectivity index (χ0) is 15.6. The average molecular weight is 436 g/mol. The Morgan fingerprint density at radius 1 is 1.48 bits per heavy atom. The van der Waals surface area contributed by atoms with Crippen LogP contribution in [0.5, 0.6) is 0 Å². The van der Waals surface area contributed by atoms with E-state index in [1.54, 1.807) is 6.26 Å². The number of rotatable bonds is 9. The highest BCUT2D eigenvalue weighted by Gasteiger charge is 2.25. The minimum atomic E-state index is 0. The lowest BCUT2D eigenvalue weighted by Crippen LogP contribution is -2.34. The van der Waals surface area contributed by atoms with E-state index in [0.29, 0.717) is 12.5 Å². The normalized spacial score (nSPS) is 17.0. The lowest BCUT2D eigenvalue weighted by Gasteiger charge is -2.24.